The van der Waals surface area contributed by atoms with Crippen molar-refractivity contribution >= 4 is 29.1 Å². The molecular formula is C21H19ClN2O2. The van der Waals surface area contributed by atoms with Crippen molar-refractivity contribution in [1.82, 2.24) is 9.80 Å². The van der Waals surface area contributed by atoms with E-state index in [0.29, 0.717) is 22.8 Å². The number of amides is 2. The molecule has 0 radical (unpaired) electrons. The van der Waals surface area contributed by atoms with Gasteiger partial charge in [0.15, 0.2) is 0 Å². The summed E-state index contributed by atoms with van der Waals surface area (Å²) in [5.74, 6) is -0.203. The third-order valence-corrected chi connectivity index (χ3v) is 5.41. The Kier molecular flexibility index (Phi) is 4.29. The van der Waals surface area contributed by atoms with E-state index in [1.807, 2.05) is 47.4 Å². The van der Waals surface area contributed by atoms with Gasteiger partial charge in [0.05, 0.1) is 6.04 Å². The first-order chi connectivity index (χ1) is 12.6. The van der Waals surface area contributed by atoms with E-state index in [1.165, 1.54) is 4.90 Å². The van der Waals surface area contributed by atoms with Crippen LogP contribution in [0, 0.1) is 0 Å². The lowest BCUT2D eigenvalue weighted by Crippen LogP contribution is -2.39. The van der Waals surface area contributed by atoms with Crippen molar-refractivity contribution in [3.05, 3.63) is 76.8 Å². The normalized spacial score (nSPS) is 19.2. The van der Waals surface area contributed by atoms with Crippen LogP contribution in [-0.2, 0) is 4.79 Å². The molecule has 4 rings (SSSR count). The van der Waals surface area contributed by atoms with Crippen LogP contribution in [0.5, 0.6) is 0 Å². The highest BCUT2D eigenvalue weighted by Gasteiger charge is 2.36. The van der Waals surface area contributed by atoms with Crippen molar-refractivity contribution in [2.45, 2.75) is 18.9 Å². The molecule has 1 atom stereocenters. The van der Waals surface area contributed by atoms with Gasteiger partial charge in [-0.25, -0.2) is 0 Å². The highest BCUT2D eigenvalue weighted by Crippen LogP contribution is 2.35. The fourth-order valence-corrected chi connectivity index (χ4v) is 3.95. The minimum absolute atomic E-state index is 0.0242. The van der Waals surface area contributed by atoms with Gasteiger partial charge in [-0.1, -0.05) is 48.5 Å². The summed E-state index contributed by atoms with van der Waals surface area (Å²) in [5.41, 5.74) is 3.10. The molecule has 5 heteroatoms. The highest BCUT2D eigenvalue weighted by atomic mass is 35.5. The van der Waals surface area contributed by atoms with Gasteiger partial charge in [0.2, 0.25) is 5.91 Å². The van der Waals surface area contributed by atoms with E-state index >= 15 is 0 Å². The molecule has 0 spiro atoms. The van der Waals surface area contributed by atoms with E-state index in [2.05, 4.69) is 6.58 Å². The van der Waals surface area contributed by atoms with Crippen LogP contribution in [-0.4, -0.2) is 34.7 Å². The fraction of sp³-hybridized carbons (Fsp3) is 0.238. The SMILES string of the molecule is C=C1c2ccccc2C(=O)N1CC(=O)N1CCC[C@@H]1c1ccc(Cl)cc1. The molecule has 1 saturated heterocycles. The van der Waals surface area contributed by atoms with Gasteiger partial charge in [0.25, 0.3) is 5.91 Å². The van der Waals surface area contributed by atoms with E-state index in [1.54, 1.807) is 6.07 Å². The zero-order valence-corrected chi connectivity index (χ0v) is 15.1. The van der Waals surface area contributed by atoms with Crippen LogP contribution in [0.25, 0.3) is 5.70 Å². The first-order valence-corrected chi connectivity index (χ1v) is 9.09. The average molecular weight is 367 g/mol. The van der Waals surface area contributed by atoms with Crippen molar-refractivity contribution in [2.75, 3.05) is 13.1 Å². The predicted octanol–water partition coefficient (Wildman–Crippen LogP) is 4.13. The van der Waals surface area contributed by atoms with Gasteiger partial charge in [0.1, 0.15) is 6.54 Å². The molecule has 0 aliphatic carbocycles. The first kappa shape index (κ1) is 16.9. The number of halogens is 1. The summed E-state index contributed by atoms with van der Waals surface area (Å²) in [7, 11) is 0. The third kappa shape index (κ3) is 2.80. The molecule has 26 heavy (non-hydrogen) atoms. The number of hydrogen-bond donors (Lipinski definition) is 0. The highest BCUT2D eigenvalue weighted by molar-refractivity contribution is 6.30. The smallest absolute Gasteiger partial charge is 0.259 e. The van der Waals surface area contributed by atoms with Crippen LogP contribution in [0.2, 0.25) is 5.02 Å². The molecule has 1 fully saturated rings. The van der Waals surface area contributed by atoms with Crippen molar-refractivity contribution in [3.8, 4) is 0 Å². The van der Waals surface area contributed by atoms with Crippen molar-refractivity contribution in [2.24, 2.45) is 0 Å². The minimum Gasteiger partial charge on any atom is -0.334 e. The van der Waals surface area contributed by atoms with E-state index in [9.17, 15) is 9.59 Å². The molecule has 0 unspecified atom stereocenters. The van der Waals surface area contributed by atoms with Crippen molar-refractivity contribution < 1.29 is 9.59 Å². The van der Waals surface area contributed by atoms with Crippen LogP contribution in [0.15, 0.2) is 55.1 Å². The lowest BCUT2D eigenvalue weighted by Gasteiger charge is -2.27. The Bertz CT molecular complexity index is 856. The van der Waals surface area contributed by atoms with E-state index in [0.717, 1.165) is 24.0 Å². The summed E-state index contributed by atoms with van der Waals surface area (Å²) in [6.45, 7) is 4.74. The van der Waals surface area contributed by atoms with Crippen LogP contribution >= 0.6 is 11.6 Å². The summed E-state index contributed by atoms with van der Waals surface area (Å²) < 4.78 is 0. The van der Waals surface area contributed by atoms with Gasteiger partial charge in [-0.3, -0.25) is 14.5 Å². The molecule has 2 amide bonds. The van der Waals surface area contributed by atoms with Crippen LogP contribution in [0.3, 0.4) is 0 Å². The second kappa shape index (κ2) is 6.61. The molecule has 2 aromatic carbocycles. The van der Waals surface area contributed by atoms with Crippen molar-refractivity contribution in [1.29, 1.82) is 0 Å². The summed E-state index contributed by atoms with van der Waals surface area (Å²) in [5, 5.41) is 0.682. The molecule has 2 aliphatic rings. The number of rotatable bonds is 3. The zero-order chi connectivity index (χ0) is 18.3. The predicted molar refractivity (Wildman–Crippen MR) is 102 cm³/mol. The Morgan fingerprint density at radius 1 is 1.12 bits per heavy atom. The Morgan fingerprint density at radius 3 is 2.50 bits per heavy atom. The maximum atomic E-state index is 13.0. The molecule has 0 aromatic heterocycles. The molecule has 132 valence electrons. The fourth-order valence-electron chi connectivity index (χ4n) is 3.82. The molecule has 2 aromatic rings. The molecule has 4 nitrogen and oxygen atoms in total. The second-order valence-electron chi connectivity index (χ2n) is 6.68. The molecule has 0 N–H and O–H groups in total. The Morgan fingerprint density at radius 2 is 1.81 bits per heavy atom. The largest absolute Gasteiger partial charge is 0.334 e. The van der Waals surface area contributed by atoms with Gasteiger partial charge >= 0.3 is 0 Å². The van der Waals surface area contributed by atoms with E-state index in [-0.39, 0.29) is 24.4 Å². The molecule has 2 aliphatic heterocycles. The number of benzene rings is 2. The summed E-state index contributed by atoms with van der Waals surface area (Å²) in [6.07, 6.45) is 1.87. The number of nitrogens with zero attached hydrogens (tertiary/aromatic N) is 2. The number of carbonyl (C=O) groups is 2. The lowest BCUT2D eigenvalue weighted by molar-refractivity contribution is -0.132. The van der Waals surface area contributed by atoms with Crippen LogP contribution < -0.4 is 0 Å². The van der Waals surface area contributed by atoms with E-state index < -0.39 is 0 Å². The quantitative estimate of drug-likeness (QED) is 0.819. The Hall–Kier alpha value is -2.59. The average Bonchev–Trinajstić information content (AvgIpc) is 3.23. The molecular weight excluding hydrogens is 348 g/mol. The number of fused-ring (bicyclic) bond motifs is 1. The van der Waals surface area contributed by atoms with Crippen molar-refractivity contribution in [3.63, 3.8) is 0 Å². The maximum Gasteiger partial charge on any atom is 0.259 e. The van der Waals surface area contributed by atoms with Gasteiger partial charge in [-0.05, 0) is 36.6 Å². The topological polar surface area (TPSA) is 40.6 Å². The second-order valence-corrected chi connectivity index (χ2v) is 7.12. The molecule has 2 heterocycles. The van der Waals surface area contributed by atoms with Crippen LogP contribution in [0.4, 0.5) is 0 Å². The number of hydrogen-bond acceptors (Lipinski definition) is 2. The third-order valence-electron chi connectivity index (χ3n) is 5.16. The molecule has 0 saturated carbocycles. The number of carbonyl (C=O) groups excluding carboxylic acids is 2. The summed E-state index contributed by atoms with van der Waals surface area (Å²) in [4.78, 5) is 28.9. The molecule has 0 bridgehead atoms. The van der Waals surface area contributed by atoms with Gasteiger partial charge in [-0.15, -0.1) is 0 Å². The van der Waals surface area contributed by atoms with E-state index in [4.69, 9.17) is 11.6 Å². The van der Waals surface area contributed by atoms with Gasteiger partial charge in [0, 0.05) is 28.4 Å². The minimum atomic E-state index is -0.152. The summed E-state index contributed by atoms with van der Waals surface area (Å²) >= 11 is 5.97. The van der Waals surface area contributed by atoms with Gasteiger partial charge in [-0.2, -0.15) is 0 Å². The standard InChI is InChI=1S/C21H19ClN2O2/c1-14-17-5-2-3-6-18(17)21(26)24(14)13-20(25)23-12-4-7-19(23)15-8-10-16(22)11-9-15/h2-3,5-6,8-11,19H,1,4,7,12-13H2/t19-/m1/s1. The van der Waals surface area contributed by atoms with Gasteiger partial charge < -0.3 is 4.90 Å². The Labute approximate surface area is 157 Å². The monoisotopic (exact) mass is 366 g/mol. The summed E-state index contributed by atoms with van der Waals surface area (Å²) in [6, 6.07) is 15.0. The Balaban J connectivity index is 1.52. The lowest BCUT2D eigenvalue weighted by atomic mass is 10.0. The number of likely N-dealkylation sites (tertiary alicyclic amines) is 1. The first-order valence-electron chi connectivity index (χ1n) is 8.71. The maximum absolute atomic E-state index is 13.0. The zero-order valence-electron chi connectivity index (χ0n) is 14.3. The van der Waals surface area contributed by atoms with Crippen LogP contribution in [0.1, 0.15) is 40.4 Å².